The number of aliphatic carboxylic acids is 1. The molecule has 1 aliphatic carbocycles. The van der Waals surface area contributed by atoms with Crippen molar-refractivity contribution in [2.24, 2.45) is 0 Å². The maximum Gasteiger partial charge on any atom is 0.305 e. The number of carbonyl (C=O) groups is 2. The summed E-state index contributed by atoms with van der Waals surface area (Å²) in [7, 11) is 0. The zero-order chi connectivity index (χ0) is 14.5. The van der Waals surface area contributed by atoms with Gasteiger partial charge in [-0.25, -0.2) is 0 Å². The van der Waals surface area contributed by atoms with Crippen LogP contribution in [0.1, 0.15) is 54.1 Å². The van der Waals surface area contributed by atoms with Gasteiger partial charge in [-0.05, 0) is 55.4 Å². The highest BCUT2D eigenvalue weighted by molar-refractivity contribution is 5.94. The first-order valence-corrected chi connectivity index (χ1v) is 7.24. The zero-order valence-electron chi connectivity index (χ0n) is 11.8. The minimum Gasteiger partial charge on any atom is -0.481 e. The molecule has 2 rings (SSSR count). The van der Waals surface area contributed by atoms with Crippen LogP contribution in [-0.2, 0) is 17.6 Å². The second-order valence-corrected chi connectivity index (χ2v) is 5.37. The minimum absolute atomic E-state index is 0.0345. The number of benzene rings is 1. The first kappa shape index (κ1) is 14.6. The van der Waals surface area contributed by atoms with Crippen LogP contribution in [0.3, 0.4) is 0 Å². The van der Waals surface area contributed by atoms with E-state index in [1.165, 1.54) is 24.0 Å². The second kappa shape index (κ2) is 6.55. The highest BCUT2D eigenvalue weighted by atomic mass is 16.4. The lowest BCUT2D eigenvalue weighted by Crippen LogP contribution is -2.36. The molecule has 0 spiro atoms. The molecule has 1 aliphatic rings. The van der Waals surface area contributed by atoms with Gasteiger partial charge in [-0.2, -0.15) is 0 Å². The van der Waals surface area contributed by atoms with Gasteiger partial charge < -0.3 is 10.4 Å². The van der Waals surface area contributed by atoms with Crippen molar-refractivity contribution in [1.82, 2.24) is 5.32 Å². The van der Waals surface area contributed by atoms with Gasteiger partial charge in [-0.15, -0.1) is 0 Å². The van der Waals surface area contributed by atoms with Gasteiger partial charge in [0, 0.05) is 11.6 Å². The Morgan fingerprint density at radius 1 is 1.25 bits per heavy atom. The predicted molar refractivity (Wildman–Crippen MR) is 76.9 cm³/mol. The van der Waals surface area contributed by atoms with Crippen LogP contribution in [0, 0.1) is 0 Å². The molecule has 4 nitrogen and oxygen atoms in total. The second-order valence-electron chi connectivity index (χ2n) is 5.37. The molecule has 1 atom stereocenters. The van der Waals surface area contributed by atoms with Crippen LogP contribution < -0.4 is 5.32 Å². The largest absolute Gasteiger partial charge is 0.481 e. The number of fused-ring (bicyclic) bond motifs is 1. The van der Waals surface area contributed by atoms with Crippen LogP contribution in [0.5, 0.6) is 0 Å². The van der Waals surface area contributed by atoms with Crippen LogP contribution in [0.4, 0.5) is 0 Å². The Kier molecular flexibility index (Phi) is 4.77. The molecule has 0 radical (unpaired) electrons. The van der Waals surface area contributed by atoms with Gasteiger partial charge in [0.1, 0.15) is 0 Å². The molecule has 1 aromatic rings. The topological polar surface area (TPSA) is 66.4 Å². The van der Waals surface area contributed by atoms with Crippen molar-refractivity contribution in [2.75, 3.05) is 0 Å². The molecular weight excluding hydrogens is 254 g/mol. The molecule has 0 bridgehead atoms. The Morgan fingerprint density at radius 2 is 1.95 bits per heavy atom. The van der Waals surface area contributed by atoms with Crippen LogP contribution in [0.25, 0.3) is 0 Å². The third kappa shape index (κ3) is 3.59. The number of nitrogens with one attached hydrogen (secondary N) is 1. The van der Waals surface area contributed by atoms with Crippen molar-refractivity contribution >= 4 is 11.9 Å². The molecule has 0 aliphatic heterocycles. The monoisotopic (exact) mass is 275 g/mol. The van der Waals surface area contributed by atoms with Gasteiger partial charge in [-0.1, -0.05) is 13.0 Å². The molecule has 1 unspecified atom stereocenters. The Hall–Kier alpha value is -1.84. The average Bonchev–Trinajstić information content (AvgIpc) is 2.45. The fraction of sp³-hybridized carbons (Fsp3) is 0.500. The Balaban J connectivity index is 2.06. The van der Waals surface area contributed by atoms with E-state index in [1.54, 1.807) is 0 Å². The quantitative estimate of drug-likeness (QED) is 0.868. The molecule has 2 N–H and O–H groups in total. The molecule has 1 aromatic carbocycles. The molecule has 20 heavy (non-hydrogen) atoms. The van der Waals surface area contributed by atoms with Gasteiger partial charge in [0.15, 0.2) is 0 Å². The third-order valence-corrected chi connectivity index (χ3v) is 3.86. The lowest BCUT2D eigenvalue weighted by atomic mass is 9.90. The van der Waals surface area contributed by atoms with Crippen LogP contribution in [-0.4, -0.2) is 23.0 Å². The van der Waals surface area contributed by atoms with E-state index < -0.39 is 5.97 Å². The molecule has 0 saturated heterocycles. The lowest BCUT2D eigenvalue weighted by molar-refractivity contribution is -0.137. The normalized spacial score (nSPS) is 15.2. The van der Waals surface area contributed by atoms with Crippen molar-refractivity contribution in [3.63, 3.8) is 0 Å². The summed E-state index contributed by atoms with van der Waals surface area (Å²) in [5.41, 5.74) is 3.23. The van der Waals surface area contributed by atoms with Crippen molar-refractivity contribution in [3.05, 3.63) is 34.9 Å². The average molecular weight is 275 g/mol. The summed E-state index contributed by atoms with van der Waals surface area (Å²) < 4.78 is 0. The van der Waals surface area contributed by atoms with Gasteiger partial charge in [0.2, 0.25) is 0 Å². The summed E-state index contributed by atoms with van der Waals surface area (Å²) in [5, 5.41) is 11.6. The van der Waals surface area contributed by atoms with Gasteiger partial charge in [0.05, 0.1) is 6.42 Å². The number of rotatable bonds is 5. The van der Waals surface area contributed by atoms with Crippen LogP contribution in [0.15, 0.2) is 18.2 Å². The molecule has 0 heterocycles. The van der Waals surface area contributed by atoms with Crippen molar-refractivity contribution < 1.29 is 14.7 Å². The first-order valence-electron chi connectivity index (χ1n) is 7.24. The van der Waals surface area contributed by atoms with Crippen molar-refractivity contribution in [1.29, 1.82) is 0 Å². The number of amides is 1. The van der Waals surface area contributed by atoms with E-state index in [9.17, 15) is 9.59 Å². The third-order valence-electron chi connectivity index (χ3n) is 3.86. The molecule has 4 heteroatoms. The van der Waals surface area contributed by atoms with E-state index in [0.29, 0.717) is 12.0 Å². The van der Waals surface area contributed by atoms with E-state index >= 15 is 0 Å². The smallest absolute Gasteiger partial charge is 0.305 e. The van der Waals surface area contributed by atoms with Gasteiger partial charge in [-0.3, -0.25) is 9.59 Å². The molecule has 0 aromatic heterocycles. The first-order chi connectivity index (χ1) is 9.60. The zero-order valence-corrected chi connectivity index (χ0v) is 11.8. The highest BCUT2D eigenvalue weighted by Gasteiger charge is 2.17. The Labute approximate surface area is 119 Å². The maximum absolute atomic E-state index is 12.2. The van der Waals surface area contributed by atoms with E-state index in [2.05, 4.69) is 5.32 Å². The predicted octanol–water partition coefficient (Wildman–Crippen LogP) is 2.55. The SMILES string of the molecule is CCC(CC(=O)O)NC(=O)c1ccc2c(c1)CCCC2. The molecule has 0 saturated carbocycles. The van der Waals surface area contributed by atoms with E-state index in [0.717, 1.165) is 12.8 Å². The van der Waals surface area contributed by atoms with Crippen LogP contribution in [0.2, 0.25) is 0 Å². The summed E-state index contributed by atoms with van der Waals surface area (Å²) in [6.45, 7) is 1.88. The number of aryl methyl sites for hydroxylation is 2. The lowest BCUT2D eigenvalue weighted by Gasteiger charge is -2.18. The molecular formula is C16H21NO3. The minimum atomic E-state index is -0.886. The number of hydrogen-bond donors (Lipinski definition) is 2. The summed E-state index contributed by atoms with van der Waals surface area (Å²) in [6, 6.07) is 5.52. The molecule has 108 valence electrons. The standard InChI is InChI=1S/C16H21NO3/c1-2-14(10-15(18)19)17-16(20)13-8-7-11-5-3-4-6-12(11)9-13/h7-9,14H,2-6,10H2,1H3,(H,17,20)(H,18,19). The number of carboxylic acids is 1. The van der Waals surface area contributed by atoms with Crippen LogP contribution >= 0.6 is 0 Å². The summed E-state index contributed by atoms with van der Waals surface area (Å²) >= 11 is 0. The molecule has 1 amide bonds. The maximum atomic E-state index is 12.2. The summed E-state index contributed by atoms with van der Waals surface area (Å²) in [5.74, 6) is -1.06. The fourth-order valence-electron chi connectivity index (χ4n) is 2.65. The number of hydrogen-bond acceptors (Lipinski definition) is 2. The summed E-state index contributed by atoms with van der Waals surface area (Å²) in [6.07, 6.45) is 5.09. The van der Waals surface area contributed by atoms with Gasteiger partial charge >= 0.3 is 5.97 Å². The van der Waals surface area contributed by atoms with Gasteiger partial charge in [0.25, 0.3) is 5.91 Å². The summed E-state index contributed by atoms with van der Waals surface area (Å²) in [4.78, 5) is 22.9. The van der Waals surface area contributed by atoms with E-state index in [4.69, 9.17) is 5.11 Å². The number of carbonyl (C=O) groups excluding carboxylic acids is 1. The van der Waals surface area contributed by atoms with E-state index in [-0.39, 0.29) is 18.4 Å². The van der Waals surface area contributed by atoms with Crippen molar-refractivity contribution in [3.8, 4) is 0 Å². The Morgan fingerprint density at radius 3 is 2.60 bits per heavy atom. The van der Waals surface area contributed by atoms with Crippen molar-refractivity contribution in [2.45, 2.75) is 51.5 Å². The fourth-order valence-corrected chi connectivity index (χ4v) is 2.65. The van der Waals surface area contributed by atoms with E-state index in [1.807, 2.05) is 25.1 Å². The highest BCUT2D eigenvalue weighted by Crippen LogP contribution is 2.22. The number of carboxylic acid groups (broad SMARTS) is 1. The Bertz CT molecular complexity index is 510. The molecule has 0 fully saturated rings.